The van der Waals surface area contributed by atoms with E-state index in [0.717, 1.165) is 45.7 Å². The molecule has 1 aliphatic heterocycles. The van der Waals surface area contributed by atoms with Gasteiger partial charge in [0.05, 0.1) is 11.7 Å². The van der Waals surface area contributed by atoms with E-state index in [1.807, 2.05) is 6.07 Å². The van der Waals surface area contributed by atoms with Crippen molar-refractivity contribution in [3.8, 4) is 0 Å². The van der Waals surface area contributed by atoms with Crippen LogP contribution in [0.15, 0.2) is 72.8 Å². The second kappa shape index (κ2) is 11.7. The fourth-order valence-electron chi connectivity index (χ4n) is 5.15. The molecule has 1 saturated heterocycles. The van der Waals surface area contributed by atoms with E-state index in [4.69, 9.17) is 11.6 Å². The van der Waals surface area contributed by atoms with Gasteiger partial charge < -0.3 is 15.3 Å². The molecule has 0 unspecified atom stereocenters. The number of anilines is 1. The second-order valence-corrected chi connectivity index (χ2v) is 10.9. The van der Waals surface area contributed by atoms with Crippen molar-refractivity contribution in [3.63, 3.8) is 0 Å². The maximum absolute atomic E-state index is 11.7. The first-order valence-corrected chi connectivity index (χ1v) is 13.8. The Balaban J connectivity index is 1.14. The van der Waals surface area contributed by atoms with Crippen LogP contribution >= 0.6 is 11.6 Å². The molecule has 8 nitrogen and oxygen atoms in total. The Morgan fingerprint density at radius 3 is 2.18 bits per heavy atom. The molecule has 3 heterocycles. The summed E-state index contributed by atoms with van der Waals surface area (Å²) in [5.74, 6) is -0.303. The highest BCUT2D eigenvalue weighted by Gasteiger charge is 2.35. The zero-order chi connectivity index (χ0) is 27.4. The standard InChI is InChI=1S/C30H35ClN6O2/c1-30(2,29(38)39)27-28(31)37-25(33-27)15-14-24(34-37)32-16-9-17-35-18-20-36(21-19-35)26(22-10-5-3-6-11-22)23-12-7-4-8-13-23/h3-8,10-15,26H,9,16-21H2,1-2H3,(H,32,34)(H,38,39). The monoisotopic (exact) mass is 546 g/mol. The highest BCUT2D eigenvalue weighted by atomic mass is 35.5. The molecule has 39 heavy (non-hydrogen) atoms. The van der Waals surface area contributed by atoms with Gasteiger partial charge in [0.25, 0.3) is 0 Å². The summed E-state index contributed by atoms with van der Waals surface area (Å²) >= 11 is 6.47. The molecule has 9 heteroatoms. The topological polar surface area (TPSA) is 86.0 Å². The number of piperazine rings is 1. The van der Waals surface area contributed by atoms with Gasteiger partial charge in [-0.3, -0.25) is 9.69 Å². The molecular formula is C30H35ClN6O2. The van der Waals surface area contributed by atoms with Crippen molar-refractivity contribution in [3.05, 3.63) is 94.8 Å². The SMILES string of the molecule is CC(C)(C(=O)O)c1nc2ccc(NCCCN3CCN(C(c4ccccc4)c4ccccc4)CC3)nn2c1Cl. The van der Waals surface area contributed by atoms with Crippen LogP contribution < -0.4 is 5.32 Å². The van der Waals surface area contributed by atoms with Gasteiger partial charge in [0.2, 0.25) is 0 Å². The third-order valence-electron chi connectivity index (χ3n) is 7.51. The molecule has 0 aliphatic carbocycles. The van der Waals surface area contributed by atoms with Crippen LogP contribution in [0.4, 0.5) is 5.82 Å². The molecule has 0 radical (unpaired) electrons. The van der Waals surface area contributed by atoms with Gasteiger partial charge in [0.15, 0.2) is 10.8 Å². The Labute approximate surface area is 234 Å². The third-order valence-corrected chi connectivity index (χ3v) is 7.85. The molecule has 0 bridgehead atoms. The number of carbonyl (C=O) groups is 1. The zero-order valence-corrected chi connectivity index (χ0v) is 23.2. The number of carboxylic acids is 1. The van der Waals surface area contributed by atoms with Crippen LogP contribution in [0, 0.1) is 0 Å². The van der Waals surface area contributed by atoms with E-state index in [-0.39, 0.29) is 11.2 Å². The van der Waals surface area contributed by atoms with Crippen molar-refractivity contribution in [1.82, 2.24) is 24.4 Å². The number of hydrogen-bond acceptors (Lipinski definition) is 6. The first-order valence-electron chi connectivity index (χ1n) is 13.4. The molecule has 2 aromatic heterocycles. The summed E-state index contributed by atoms with van der Waals surface area (Å²) in [4.78, 5) is 21.2. The first-order chi connectivity index (χ1) is 18.8. The maximum Gasteiger partial charge on any atom is 0.315 e. The Morgan fingerprint density at radius 2 is 1.59 bits per heavy atom. The Hall–Kier alpha value is -3.46. The maximum atomic E-state index is 11.7. The number of hydrogen-bond donors (Lipinski definition) is 2. The Morgan fingerprint density at radius 1 is 0.974 bits per heavy atom. The summed E-state index contributed by atoms with van der Waals surface area (Å²) in [5, 5.41) is 17.7. The lowest BCUT2D eigenvalue weighted by molar-refractivity contribution is -0.142. The molecular weight excluding hydrogens is 512 g/mol. The molecule has 4 aromatic rings. The van der Waals surface area contributed by atoms with E-state index in [1.165, 1.54) is 15.6 Å². The Kier molecular flexibility index (Phi) is 8.16. The largest absolute Gasteiger partial charge is 0.481 e. The molecule has 2 aromatic carbocycles. The summed E-state index contributed by atoms with van der Waals surface area (Å²) in [5.41, 5.74) is 2.30. The van der Waals surface area contributed by atoms with Gasteiger partial charge in [0, 0.05) is 32.7 Å². The van der Waals surface area contributed by atoms with Gasteiger partial charge in [-0.25, -0.2) is 9.50 Å². The molecule has 1 aliphatic rings. The molecule has 0 amide bonds. The molecule has 5 rings (SSSR count). The van der Waals surface area contributed by atoms with Gasteiger partial charge in [-0.15, -0.1) is 5.10 Å². The Bertz CT molecular complexity index is 1360. The summed E-state index contributed by atoms with van der Waals surface area (Å²) in [6.07, 6.45) is 0.982. The van der Waals surface area contributed by atoms with Gasteiger partial charge in [0.1, 0.15) is 11.2 Å². The van der Waals surface area contributed by atoms with Crippen molar-refractivity contribution >= 4 is 29.0 Å². The number of nitrogens with one attached hydrogen (secondary N) is 1. The van der Waals surface area contributed by atoms with E-state index in [1.54, 1.807) is 19.9 Å². The van der Waals surface area contributed by atoms with Gasteiger partial charge in [-0.2, -0.15) is 0 Å². The number of fused-ring (bicyclic) bond motifs is 1. The van der Waals surface area contributed by atoms with Crippen molar-refractivity contribution in [2.45, 2.75) is 31.7 Å². The van der Waals surface area contributed by atoms with Crippen LogP contribution in [0.3, 0.4) is 0 Å². The number of halogens is 1. The molecule has 0 saturated carbocycles. The first kappa shape index (κ1) is 27.1. The van der Waals surface area contributed by atoms with E-state index in [0.29, 0.717) is 17.2 Å². The number of carboxylic acid groups (broad SMARTS) is 1. The lowest BCUT2D eigenvalue weighted by Gasteiger charge is -2.39. The minimum absolute atomic E-state index is 0.225. The van der Waals surface area contributed by atoms with Crippen LogP contribution in [0.25, 0.3) is 5.65 Å². The lowest BCUT2D eigenvalue weighted by Crippen LogP contribution is -2.48. The quantitative estimate of drug-likeness (QED) is 0.272. The molecule has 1 fully saturated rings. The fourth-order valence-corrected chi connectivity index (χ4v) is 5.55. The summed E-state index contributed by atoms with van der Waals surface area (Å²) in [6, 6.07) is 25.5. The van der Waals surface area contributed by atoms with Crippen LogP contribution in [-0.4, -0.2) is 74.7 Å². The van der Waals surface area contributed by atoms with Gasteiger partial charge >= 0.3 is 5.97 Å². The number of rotatable bonds is 10. The van der Waals surface area contributed by atoms with Crippen LogP contribution in [0.1, 0.15) is 43.1 Å². The zero-order valence-electron chi connectivity index (χ0n) is 22.4. The van der Waals surface area contributed by atoms with Crippen LogP contribution in [-0.2, 0) is 10.2 Å². The molecule has 0 spiro atoms. The van der Waals surface area contributed by atoms with E-state index >= 15 is 0 Å². The molecule has 204 valence electrons. The number of benzene rings is 2. The number of nitrogens with zero attached hydrogens (tertiary/aromatic N) is 5. The van der Waals surface area contributed by atoms with E-state index in [2.05, 4.69) is 85.9 Å². The average Bonchev–Trinajstić information content (AvgIpc) is 3.29. The number of aromatic nitrogens is 3. The van der Waals surface area contributed by atoms with Gasteiger partial charge in [-0.1, -0.05) is 72.3 Å². The molecule has 0 atom stereocenters. The summed E-state index contributed by atoms with van der Waals surface area (Å²) in [7, 11) is 0. The van der Waals surface area contributed by atoms with Crippen LogP contribution in [0.5, 0.6) is 0 Å². The summed E-state index contributed by atoms with van der Waals surface area (Å²) < 4.78 is 1.50. The van der Waals surface area contributed by atoms with Crippen molar-refractivity contribution in [2.24, 2.45) is 0 Å². The van der Waals surface area contributed by atoms with Crippen molar-refractivity contribution in [1.29, 1.82) is 0 Å². The van der Waals surface area contributed by atoms with Gasteiger partial charge in [-0.05, 0) is 50.1 Å². The highest BCUT2D eigenvalue weighted by Crippen LogP contribution is 2.31. The van der Waals surface area contributed by atoms with E-state index < -0.39 is 11.4 Å². The minimum Gasteiger partial charge on any atom is -0.481 e. The molecule has 2 N–H and O–H groups in total. The fraction of sp³-hybridized carbons (Fsp3) is 0.367. The highest BCUT2D eigenvalue weighted by molar-refractivity contribution is 6.30. The number of aliphatic carboxylic acids is 1. The smallest absolute Gasteiger partial charge is 0.315 e. The van der Waals surface area contributed by atoms with E-state index in [9.17, 15) is 9.90 Å². The number of imidazole rings is 1. The lowest BCUT2D eigenvalue weighted by atomic mass is 9.90. The van der Waals surface area contributed by atoms with Crippen molar-refractivity contribution in [2.75, 3.05) is 44.6 Å². The normalized spacial score (nSPS) is 15.2. The minimum atomic E-state index is -1.20. The third kappa shape index (κ3) is 5.93. The summed E-state index contributed by atoms with van der Waals surface area (Å²) in [6.45, 7) is 9.07. The second-order valence-electron chi connectivity index (χ2n) is 10.6. The average molecular weight is 547 g/mol. The predicted octanol–water partition coefficient (Wildman–Crippen LogP) is 4.95. The van der Waals surface area contributed by atoms with Crippen molar-refractivity contribution < 1.29 is 9.90 Å². The van der Waals surface area contributed by atoms with Crippen LogP contribution in [0.2, 0.25) is 5.15 Å². The predicted molar refractivity (Wildman–Crippen MR) is 155 cm³/mol.